The molecule has 0 unspecified atom stereocenters. The number of anilines is 1. The molecule has 1 heterocycles. The lowest BCUT2D eigenvalue weighted by Gasteiger charge is -2.22. The van der Waals surface area contributed by atoms with Crippen LogP contribution in [0.3, 0.4) is 0 Å². The average Bonchev–Trinajstić information content (AvgIpc) is 3.23. The fourth-order valence-electron chi connectivity index (χ4n) is 3.76. The molecule has 31 heavy (non-hydrogen) atoms. The van der Waals surface area contributed by atoms with E-state index in [1.165, 1.54) is 23.4 Å². The van der Waals surface area contributed by atoms with E-state index in [1.807, 2.05) is 35.6 Å². The summed E-state index contributed by atoms with van der Waals surface area (Å²) in [6.45, 7) is 2.64. The monoisotopic (exact) mass is 459 g/mol. The summed E-state index contributed by atoms with van der Waals surface area (Å²) >= 11 is 1.82. The van der Waals surface area contributed by atoms with E-state index in [1.54, 1.807) is 7.11 Å². The minimum atomic E-state index is 0. The molecule has 1 aliphatic rings. The first-order valence-electron chi connectivity index (χ1n) is 10.5. The molecule has 0 radical (unpaired) electrons. The van der Waals surface area contributed by atoms with Gasteiger partial charge in [-0.25, -0.2) is 4.98 Å². The minimum Gasteiger partial charge on any atom is -0.493 e. The Hall–Kier alpha value is -2.28. The summed E-state index contributed by atoms with van der Waals surface area (Å²) in [5, 5.41) is 1.08. The lowest BCUT2D eigenvalue weighted by Crippen LogP contribution is -2.28. The minimum absolute atomic E-state index is 0. The summed E-state index contributed by atoms with van der Waals surface area (Å²) in [6, 6.07) is 16.3. The molecular formula is C24H30ClN3O2S. The zero-order valence-electron chi connectivity index (χ0n) is 17.9. The van der Waals surface area contributed by atoms with Crippen molar-refractivity contribution in [2.45, 2.75) is 38.8 Å². The van der Waals surface area contributed by atoms with Crippen LogP contribution in [0.4, 0.5) is 5.13 Å². The van der Waals surface area contributed by atoms with Crippen LogP contribution in [-0.2, 0) is 26.0 Å². The molecule has 0 atom stereocenters. The van der Waals surface area contributed by atoms with Crippen molar-refractivity contribution in [1.82, 2.24) is 4.98 Å². The van der Waals surface area contributed by atoms with Gasteiger partial charge in [-0.1, -0.05) is 36.4 Å². The summed E-state index contributed by atoms with van der Waals surface area (Å²) < 4.78 is 11.6. The van der Waals surface area contributed by atoms with E-state index in [4.69, 9.17) is 20.2 Å². The van der Waals surface area contributed by atoms with Crippen molar-refractivity contribution in [2.24, 2.45) is 5.73 Å². The first-order chi connectivity index (χ1) is 14.8. The first-order valence-corrected chi connectivity index (χ1v) is 11.4. The fraction of sp³-hybridized carbons (Fsp3) is 0.375. The molecule has 0 spiro atoms. The third-order valence-electron chi connectivity index (χ3n) is 5.34. The molecule has 2 N–H and O–H groups in total. The standard InChI is InChI=1S/C24H29N3O2S.ClH/c1-28-22-15-19(11-12-21(22)29-17-18-7-3-2-4-8-18)16-27(14-13-25)24-26-20-9-5-6-10-23(20)30-24;/h2-4,7-8,11-12,15H,5-6,9-10,13-14,16-17,25H2,1H3;1H. The third-order valence-corrected chi connectivity index (χ3v) is 6.56. The Morgan fingerprint density at radius 1 is 1.03 bits per heavy atom. The Balaban J connectivity index is 0.00000272. The van der Waals surface area contributed by atoms with Gasteiger partial charge in [0, 0.05) is 24.5 Å². The summed E-state index contributed by atoms with van der Waals surface area (Å²) in [4.78, 5) is 8.65. The van der Waals surface area contributed by atoms with E-state index in [-0.39, 0.29) is 12.4 Å². The molecular weight excluding hydrogens is 430 g/mol. The second-order valence-corrected chi connectivity index (χ2v) is 8.61. The number of nitrogens with two attached hydrogens (primary N) is 1. The molecule has 0 bridgehead atoms. The summed E-state index contributed by atoms with van der Waals surface area (Å²) in [7, 11) is 1.68. The predicted molar refractivity (Wildman–Crippen MR) is 130 cm³/mol. The van der Waals surface area contributed by atoms with E-state index < -0.39 is 0 Å². The highest BCUT2D eigenvalue weighted by Crippen LogP contribution is 2.34. The summed E-state index contributed by atoms with van der Waals surface area (Å²) in [5.74, 6) is 1.50. The Morgan fingerprint density at radius 2 is 1.84 bits per heavy atom. The van der Waals surface area contributed by atoms with Crippen molar-refractivity contribution < 1.29 is 9.47 Å². The van der Waals surface area contributed by atoms with Gasteiger partial charge in [-0.15, -0.1) is 23.7 Å². The number of halogens is 1. The molecule has 4 rings (SSSR count). The number of nitrogens with zero attached hydrogens (tertiary/aromatic N) is 2. The predicted octanol–water partition coefficient (Wildman–Crippen LogP) is 5.00. The van der Waals surface area contributed by atoms with Gasteiger partial charge < -0.3 is 20.1 Å². The van der Waals surface area contributed by atoms with Crippen molar-refractivity contribution in [3.8, 4) is 11.5 Å². The van der Waals surface area contributed by atoms with Crippen molar-refractivity contribution >= 4 is 28.9 Å². The number of aromatic nitrogens is 1. The van der Waals surface area contributed by atoms with Crippen LogP contribution in [0.15, 0.2) is 48.5 Å². The van der Waals surface area contributed by atoms with Gasteiger partial charge in [0.2, 0.25) is 0 Å². The van der Waals surface area contributed by atoms with Crippen LogP contribution in [0.1, 0.15) is 34.5 Å². The van der Waals surface area contributed by atoms with Gasteiger partial charge in [0.25, 0.3) is 0 Å². The van der Waals surface area contributed by atoms with Gasteiger partial charge in [-0.05, 0) is 48.9 Å². The molecule has 0 aliphatic heterocycles. The van der Waals surface area contributed by atoms with E-state index in [0.29, 0.717) is 13.2 Å². The maximum absolute atomic E-state index is 5.99. The van der Waals surface area contributed by atoms with Crippen LogP contribution in [0.5, 0.6) is 11.5 Å². The van der Waals surface area contributed by atoms with Crippen molar-refractivity contribution in [1.29, 1.82) is 0 Å². The van der Waals surface area contributed by atoms with Crippen LogP contribution in [0.2, 0.25) is 0 Å². The lowest BCUT2D eigenvalue weighted by atomic mass is 10.0. The maximum Gasteiger partial charge on any atom is 0.186 e. The van der Waals surface area contributed by atoms with Gasteiger partial charge in [-0.3, -0.25) is 0 Å². The van der Waals surface area contributed by atoms with Crippen LogP contribution < -0.4 is 20.1 Å². The van der Waals surface area contributed by atoms with Crippen LogP contribution in [0, 0.1) is 0 Å². The molecule has 2 aromatic carbocycles. The first kappa shape index (κ1) is 23.4. The van der Waals surface area contributed by atoms with Gasteiger partial charge in [0.15, 0.2) is 16.6 Å². The number of ether oxygens (including phenoxy) is 2. The number of benzene rings is 2. The van der Waals surface area contributed by atoms with Crippen LogP contribution >= 0.6 is 23.7 Å². The number of rotatable bonds is 9. The normalized spacial score (nSPS) is 12.6. The molecule has 7 heteroatoms. The number of methoxy groups -OCH3 is 1. The van der Waals surface area contributed by atoms with E-state index in [2.05, 4.69) is 29.2 Å². The highest BCUT2D eigenvalue weighted by Gasteiger charge is 2.19. The Labute approximate surface area is 194 Å². The maximum atomic E-state index is 5.99. The summed E-state index contributed by atoms with van der Waals surface area (Å²) in [5.41, 5.74) is 9.47. The number of thiazole rings is 1. The second-order valence-electron chi connectivity index (χ2n) is 7.54. The zero-order valence-corrected chi connectivity index (χ0v) is 19.5. The SMILES string of the molecule is COc1cc(CN(CCN)c2nc3c(s2)CCCC3)ccc1OCc1ccccc1.Cl. The average molecular weight is 460 g/mol. The highest BCUT2D eigenvalue weighted by molar-refractivity contribution is 7.15. The van der Waals surface area contributed by atoms with Gasteiger partial charge in [0.05, 0.1) is 12.8 Å². The zero-order chi connectivity index (χ0) is 20.8. The molecule has 5 nitrogen and oxygen atoms in total. The Bertz CT molecular complexity index is 941. The Morgan fingerprint density at radius 3 is 2.58 bits per heavy atom. The second kappa shape index (κ2) is 11.4. The summed E-state index contributed by atoms with van der Waals surface area (Å²) in [6.07, 6.45) is 4.77. The van der Waals surface area contributed by atoms with Crippen molar-refractivity contribution in [3.63, 3.8) is 0 Å². The topological polar surface area (TPSA) is 60.6 Å². The van der Waals surface area contributed by atoms with E-state index >= 15 is 0 Å². The molecule has 1 aliphatic carbocycles. The quantitative estimate of drug-likeness (QED) is 0.488. The molecule has 3 aromatic rings. The number of aryl methyl sites for hydroxylation is 2. The molecule has 0 fully saturated rings. The number of fused-ring (bicyclic) bond motifs is 1. The lowest BCUT2D eigenvalue weighted by molar-refractivity contribution is 0.284. The van der Waals surface area contributed by atoms with Crippen molar-refractivity contribution in [3.05, 3.63) is 70.2 Å². The van der Waals surface area contributed by atoms with Crippen LogP contribution in [0.25, 0.3) is 0 Å². The molecule has 0 amide bonds. The van der Waals surface area contributed by atoms with E-state index in [0.717, 1.165) is 53.7 Å². The molecule has 166 valence electrons. The molecule has 0 saturated heterocycles. The van der Waals surface area contributed by atoms with Gasteiger partial charge in [0.1, 0.15) is 6.61 Å². The van der Waals surface area contributed by atoms with Crippen LogP contribution in [-0.4, -0.2) is 25.2 Å². The number of hydrogen-bond acceptors (Lipinski definition) is 6. The fourth-order valence-corrected chi connectivity index (χ4v) is 4.93. The van der Waals surface area contributed by atoms with Crippen molar-refractivity contribution in [2.75, 3.05) is 25.1 Å². The van der Waals surface area contributed by atoms with Gasteiger partial charge in [-0.2, -0.15) is 0 Å². The van der Waals surface area contributed by atoms with Gasteiger partial charge >= 0.3 is 0 Å². The Kier molecular flexibility index (Phi) is 8.58. The van der Waals surface area contributed by atoms with E-state index in [9.17, 15) is 0 Å². The smallest absolute Gasteiger partial charge is 0.186 e. The molecule has 0 saturated carbocycles. The number of hydrogen-bond donors (Lipinski definition) is 1. The highest BCUT2D eigenvalue weighted by atomic mass is 35.5. The largest absolute Gasteiger partial charge is 0.493 e. The molecule has 1 aromatic heterocycles. The third kappa shape index (κ3) is 5.91.